The molecular formula is C11H20N2O3. The lowest BCUT2D eigenvalue weighted by atomic mass is 10.0. The first kappa shape index (κ1) is 12.8. The third kappa shape index (κ3) is 1.86. The highest BCUT2D eigenvalue weighted by Crippen LogP contribution is 2.27. The van der Waals surface area contributed by atoms with Gasteiger partial charge >= 0.3 is 12.0 Å². The second kappa shape index (κ2) is 3.96. The van der Waals surface area contributed by atoms with E-state index in [0.717, 1.165) is 0 Å². The first-order chi connectivity index (χ1) is 7.19. The van der Waals surface area contributed by atoms with Crippen molar-refractivity contribution in [2.45, 2.75) is 39.3 Å². The van der Waals surface area contributed by atoms with Gasteiger partial charge < -0.3 is 14.9 Å². The van der Waals surface area contributed by atoms with E-state index in [1.807, 2.05) is 13.8 Å². The molecule has 16 heavy (non-hydrogen) atoms. The number of carboxylic acid groups (broad SMARTS) is 1. The molecule has 1 N–H and O–H groups in total. The van der Waals surface area contributed by atoms with E-state index in [4.69, 9.17) is 5.11 Å². The van der Waals surface area contributed by atoms with Crippen LogP contribution >= 0.6 is 0 Å². The molecule has 0 aromatic rings. The highest BCUT2D eigenvalue weighted by molar-refractivity contribution is 5.87. The maximum atomic E-state index is 12.0. The van der Waals surface area contributed by atoms with Crippen LogP contribution in [0.5, 0.6) is 0 Å². The lowest BCUT2D eigenvalue weighted by Crippen LogP contribution is -2.51. The summed E-state index contributed by atoms with van der Waals surface area (Å²) in [5, 5.41) is 9.12. The van der Waals surface area contributed by atoms with Crippen LogP contribution in [-0.4, -0.2) is 52.1 Å². The van der Waals surface area contributed by atoms with E-state index in [2.05, 4.69) is 0 Å². The Morgan fingerprint density at radius 1 is 1.50 bits per heavy atom. The number of carbonyl (C=O) groups excluding carboxylic acids is 1. The Labute approximate surface area is 96.0 Å². The fraction of sp³-hybridized carbons (Fsp3) is 0.818. The number of hydrogen-bond donors (Lipinski definition) is 1. The van der Waals surface area contributed by atoms with Crippen LogP contribution in [0.2, 0.25) is 0 Å². The quantitative estimate of drug-likeness (QED) is 0.790. The summed E-state index contributed by atoms with van der Waals surface area (Å²) in [6, 6.07) is -0.114. The van der Waals surface area contributed by atoms with Gasteiger partial charge in [-0.15, -0.1) is 0 Å². The predicted octanol–water partition coefficient (Wildman–Crippen LogP) is 1.24. The molecule has 5 nitrogen and oxygen atoms in total. The predicted molar refractivity (Wildman–Crippen MR) is 60.2 cm³/mol. The molecule has 0 aliphatic carbocycles. The van der Waals surface area contributed by atoms with Gasteiger partial charge in [-0.05, 0) is 19.8 Å². The van der Waals surface area contributed by atoms with Gasteiger partial charge in [0, 0.05) is 13.6 Å². The van der Waals surface area contributed by atoms with Crippen LogP contribution in [0, 0.1) is 5.92 Å². The van der Waals surface area contributed by atoms with Crippen LogP contribution in [0.15, 0.2) is 0 Å². The number of likely N-dealkylation sites (N-methyl/N-ethyl adjacent to an activating group) is 1. The molecule has 2 amide bonds. The van der Waals surface area contributed by atoms with Crippen molar-refractivity contribution in [3.05, 3.63) is 0 Å². The van der Waals surface area contributed by atoms with E-state index >= 15 is 0 Å². The molecule has 0 aromatic heterocycles. The van der Waals surface area contributed by atoms with Gasteiger partial charge in [0.2, 0.25) is 0 Å². The SMILES string of the molecule is CC(C)C1CN(C(C)(C)C(=O)O)C(=O)N1C. The number of urea groups is 1. The van der Waals surface area contributed by atoms with Crippen molar-refractivity contribution in [2.24, 2.45) is 5.92 Å². The molecule has 0 radical (unpaired) electrons. The number of aliphatic carboxylic acids is 1. The number of hydrogen-bond acceptors (Lipinski definition) is 2. The zero-order chi connectivity index (χ0) is 12.7. The molecule has 1 heterocycles. The summed E-state index contributed by atoms with van der Waals surface area (Å²) in [5.74, 6) is -0.651. The highest BCUT2D eigenvalue weighted by Gasteiger charge is 2.46. The van der Waals surface area contributed by atoms with Gasteiger partial charge in [0.25, 0.3) is 0 Å². The molecule has 1 atom stereocenters. The second-order valence-electron chi connectivity index (χ2n) is 5.18. The van der Waals surface area contributed by atoms with Gasteiger partial charge in [0.15, 0.2) is 0 Å². The maximum Gasteiger partial charge on any atom is 0.329 e. The van der Waals surface area contributed by atoms with Gasteiger partial charge in [0.05, 0.1) is 6.04 Å². The summed E-state index contributed by atoms with van der Waals surface area (Å²) in [7, 11) is 1.73. The van der Waals surface area contributed by atoms with E-state index in [-0.39, 0.29) is 12.1 Å². The number of carbonyl (C=O) groups is 2. The average molecular weight is 228 g/mol. The Bertz CT molecular complexity index is 312. The topological polar surface area (TPSA) is 60.9 Å². The fourth-order valence-electron chi connectivity index (χ4n) is 1.96. The molecule has 1 fully saturated rings. The first-order valence-corrected chi connectivity index (χ1v) is 5.47. The Hall–Kier alpha value is -1.26. The van der Waals surface area contributed by atoms with Crippen LogP contribution in [-0.2, 0) is 4.79 Å². The zero-order valence-corrected chi connectivity index (χ0v) is 10.5. The average Bonchev–Trinajstić information content (AvgIpc) is 2.44. The highest BCUT2D eigenvalue weighted by atomic mass is 16.4. The molecule has 92 valence electrons. The van der Waals surface area contributed by atoms with Gasteiger partial charge in [-0.25, -0.2) is 9.59 Å². The normalized spacial score (nSPS) is 22.1. The summed E-state index contributed by atoms with van der Waals surface area (Å²) < 4.78 is 0. The smallest absolute Gasteiger partial charge is 0.329 e. The van der Waals surface area contributed by atoms with E-state index in [1.54, 1.807) is 25.8 Å². The van der Waals surface area contributed by atoms with Crippen molar-refractivity contribution in [1.29, 1.82) is 0 Å². The zero-order valence-electron chi connectivity index (χ0n) is 10.5. The third-order valence-corrected chi connectivity index (χ3v) is 3.37. The summed E-state index contributed by atoms with van der Waals surface area (Å²) in [4.78, 5) is 26.1. The molecule has 1 rings (SSSR count). The Morgan fingerprint density at radius 3 is 2.31 bits per heavy atom. The third-order valence-electron chi connectivity index (χ3n) is 3.37. The molecule has 0 saturated carbocycles. The summed E-state index contributed by atoms with van der Waals surface area (Å²) >= 11 is 0. The lowest BCUT2D eigenvalue weighted by Gasteiger charge is -2.30. The minimum absolute atomic E-state index is 0.0890. The van der Waals surface area contributed by atoms with Crippen molar-refractivity contribution in [1.82, 2.24) is 9.80 Å². The van der Waals surface area contributed by atoms with Crippen molar-refractivity contribution >= 4 is 12.0 Å². The first-order valence-electron chi connectivity index (χ1n) is 5.47. The molecule has 0 bridgehead atoms. The van der Waals surface area contributed by atoms with Crippen molar-refractivity contribution in [3.63, 3.8) is 0 Å². The van der Waals surface area contributed by atoms with Gasteiger partial charge in [-0.3, -0.25) is 0 Å². The molecule has 0 aromatic carbocycles. The Balaban J connectivity index is 2.95. The van der Waals surface area contributed by atoms with Gasteiger partial charge in [-0.2, -0.15) is 0 Å². The summed E-state index contributed by atoms with van der Waals surface area (Å²) in [5.41, 5.74) is -1.14. The molecule has 1 aliphatic heterocycles. The second-order valence-corrected chi connectivity index (χ2v) is 5.18. The van der Waals surface area contributed by atoms with Crippen LogP contribution in [0.25, 0.3) is 0 Å². The van der Waals surface area contributed by atoms with Crippen molar-refractivity contribution < 1.29 is 14.7 Å². The van der Waals surface area contributed by atoms with E-state index in [9.17, 15) is 9.59 Å². The van der Waals surface area contributed by atoms with Crippen LogP contribution in [0.4, 0.5) is 4.79 Å². The molecule has 1 unspecified atom stereocenters. The molecule has 1 saturated heterocycles. The van der Waals surface area contributed by atoms with Crippen molar-refractivity contribution in [2.75, 3.05) is 13.6 Å². The molecular weight excluding hydrogens is 208 g/mol. The number of carboxylic acids is 1. The fourth-order valence-corrected chi connectivity index (χ4v) is 1.96. The Morgan fingerprint density at radius 2 is 2.00 bits per heavy atom. The van der Waals surface area contributed by atoms with E-state index in [1.165, 1.54) is 4.90 Å². The largest absolute Gasteiger partial charge is 0.480 e. The van der Waals surface area contributed by atoms with Crippen LogP contribution < -0.4 is 0 Å². The molecule has 1 aliphatic rings. The standard InChI is InChI=1S/C11H20N2O3/c1-7(2)8-6-13(10(16)12(8)5)11(3,4)9(14)15/h7-8H,6H2,1-5H3,(H,14,15). The maximum absolute atomic E-state index is 12.0. The Kier molecular flexibility index (Phi) is 3.17. The number of rotatable bonds is 3. The van der Waals surface area contributed by atoms with Gasteiger partial charge in [0.1, 0.15) is 5.54 Å². The summed E-state index contributed by atoms with van der Waals surface area (Å²) in [6.45, 7) is 7.66. The van der Waals surface area contributed by atoms with Crippen LogP contribution in [0.3, 0.4) is 0 Å². The summed E-state index contributed by atoms with van der Waals surface area (Å²) in [6.07, 6.45) is 0. The molecule has 0 spiro atoms. The molecule has 5 heteroatoms. The number of amides is 2. The van der Waals surface area contributed by atoms with Crippen molar-refractivity contribution in [3.8, 4) is 0 Å². The monoisotopic (exact) mass is 228 g/mol. The van der Waals surface area contributed by atoms with E-state index in [0.29, 0.717) is 12.5 Å². The minimum atomic E-state index is -1.14. The number of nitrogens with zero attached hydrogens (tertiary/aromatic N) is 2. The van der Waals surface area contributed by atoms with E-state index < -0.39 is 11.5 Å². The van der Waals surface area contributed by atoms with Crippen LogP contribution in [0.1, 0.15) is 27.7 Å². The van der Waals surface area contributed by atoms with Gasteiger partial charge in [-0.1, -0.05) is 13.8 Å². The lowest BCUT2D eigenvalue weighted by molar-refractivity contribution is -0.147. The minimum Gasteiger partial charge on any atom is -0.480 e.